The number of aryl methyl sites for hydroxylation is 1. The standard InChI is InChI=1S/C11H17N3O2/c1-7(2)11-13-10(16-14-11)6-5-9(15)12-8-3-4-8/h7-8H,3-6H2,1-2H3,(H,12,15). The van der Waals surface area contributed by atoms with E-state index in [1.807, 2.05) is 13.8 Å². The highest BCUT2D eigenvalue weighted by Gasteiger charge is 2.23. The summed E-state index contributed by atoms with van der Waals surface area (Å²) in [6, 6.07) is 0.418. The zero-order chi connectivity index (χ0) is 11.5. The van der Waals surface area contributed by atoms with Crippen molar-refractivity contribution in [3.63, 3.8) is 0 Å². The summed E-state index contributed by atoms with van der Waals surface area (Å²) < 4.78 is 5.06. The average molecular weight is 223 g/mol. The maximum Gasteiger partial charge on any atom is 0.227 e. The van der Waals surface area contributed by atoms with Crippen molar-refractivity contribution in [2.75, 3.05) is 0 Å². The third-order valence-corrected chi connectivity index (χ3v) is 2.51. The molecule has 88 valence electrons. The fourth-order valence-electron chi connectivity index (χ4n) is 1.35. The van der Waals surface area contributed by atoms with E-state index in [0.717, 1.165) is 12.8 Å². The van der Waals surface area contributed by atoms with Gasteiger partial charge in [-0.3, -0.25) is 4.79 Å². The fourth-order valence-corrected chi connectivity index (χ4v) is 1.35. The van der Waals surface area contributed by atoms with Gasteiger partial charge >= 0.3 is 0 Å². The topological polar surface area (TPSA) is 68.0 Å². The molecule has 0 aliphatic heterocycles. The molecule has 2 rings (SSSR count). The third kappa shape index (κ3) is 3.05. The molecular weight excluding hydrogens is 206 g/mol. The smallest absolute Gasteiger partial charge is 0.227 e. The first kappa shape index (κ1) is 11.1. The molecule has 0 unspecified atom stereocenters. The molecule has 1 saturated carbocycles. The van der Waals surface area contributed by atoms with Crippen LogP contribution in [0.15, 0.2) is 4.52 Å². The summed E-state index contributed by atoms with van der Waals surface area (Å²) in [7, 11) is 0. The molecule has 0 saturated heterocycles. The van der Waals surface area contributed by atoms with Gasteiger partial charge in [-0.2, -0.15) is 4.98 Å². The van der Waals surface area contributed by atoms with Gasteiger partial charge in [0.1, 0.15) is 0 Å². The van der Waals surface area contributed by atoms with Gasteiger partial charge in [0, 0.05) is 24.8 Å². The molecule has 5 nitrogen and oxygen atoms in total. The van der Waals surface area contributed by atoms with Crippen molar-refractivity contribution in [2.24, 2.45) is 0 Å². The predicted octanol–water partition coefficient (Wildman–Crippen LogP) is 1.40. The molecule has 5 heteroatoms. The van der Waals surface area contributed by atoms with Crippen LogP contribution in [0.3, 0.4) is 0 Å². The Kier molecular flexibility index (Phi) is 3.22. The van der Waals surface area contributed by atoms with E-state index in [1.54, 1.807) is 0 Å². The Morgan fingerprint density at radius 2 is 2.31 bits per heavy atom. The number of nitrogens with one attached hydrogen (secondary N) is 1. The first-order chi connectivity index (χ1) is 7.65. The number of aromatic nitrogens is 2. The van der Waals surface area contributed by atoms with Crippen LogP contribution >= 0.6 is 0 Å². The number of carbonyl (C=O) groups excluding carboxylic acids is 1. The number of hydrogen-bond acceptors (Lipinski definition) is 4. The third-order valence-electron chi connectivity index (χ3n) is 2.51. The van der Waals surface area contributed by atoms with Crippen LogP contribution in [0.2, 0.25) is 0 Å². The highest BCUT2D eigenvalue weighted by Crippen LogP contribution is 2.18. The summed E-state index contributed by atoms with van der Waals surface area (Å²) in [6.07, 6.45) is 3.18. The second kappa shape index (κ2) is 4.63. The average Bonchev–Trinajstić information content (AvgIpc) is 2.91. The molecule has 1 aromatic heterocycles. The predicted molar refractivity (Wildman–Crippen MR) is 57.9 cm³/mol. The first-order valence-corrected chi connectivity index (χ1v) is 5.77. The summed E-state index contributed by atoms with van der Waals surface area (Å²) in [4.78, 5) is 15.6. The van der Waals surface area contributed by atoms with Crippen LogP contribution in [0.1, 0.15) is 50.7 Å². The van der Waals surface area contributed by atoms with Crippen molar-refractivity contribution in [2.45, 2.75) is 51.5 Å². The van der Waals surface area contributed by atoms with E-state index in [0.29, 0.717) is 30.6 Å². The number of rotatable bonds is 5. The Labute approximate surface area is 94.6 Å². The molecule has 0 bridgehead atoms. The maximum atomic E-state index is 11.4. The summed E-state index contributed by atoms with van der Waals surface area (Å²) in [5.41, 5.74) is 0. The number of nitrogens with zero attached hydrogens (tertiary/aromatic N) is 2. The van der Waals surface area contributed by atoms with Crippen molar-refractivity contribution in [3.8, 4) is 0 Å². The Morgan fingerprint density at radius 1 is 1.56 bits per heavy atom. The van der Waals surface area contributed by atoms with Crippen LogP contribution in [0.5, 0.6) is 0 Å². The number of carbonyl (C=O) groups is 1. The van der Waals surface area contributed by atoms with Crippen molar-refractivity contribution < 1.29 is 9.32 Å². The second-order valence-corrected chi connectivity index (χ2v) is 4.54. The van der Waals surface area contributed by atoms with Gasteiger partial charge in [-0.15, -0.1) is 0 Å². The van der Waals surface area contributed by atoms with E-state index < -0.39 is 0 Å². The van der Waals surface area contributed by atoms with Crippen LogP contribution in [0.25, 0.3) is 0 Å². The Balaban J connectivity index is 1.77. The van der Waals surface area contributed by atoms with E-state index in [9.17, 15) is 4.79 Å². The normalized spacial score (nSPS) is 15.4. The van der Waals surface area contributed by atoms with E-state index in [-0.39, 0.29) is 11.8 Å². The van der Waals surface area contributed by atoms with Crippen LogP contribution < -0.4 is 5.32 Å². The SMILES string of the molecule is CC(C)c1noc(CCC(=O)NC2CC2)n1. The lowest BCUT2D eigenvalue weighted by molar-refractivity contribution is -0.121. The van der Waals surface area contributed by atoms with Gasteiger partial charge < -0.3 is 9.84 Å². The molecule has 0 aromatic carbocycles. The molecular formula is C11H17N3O2. The van der Waals surface area contributed by atoms with Crippen molar-refractivity contribution >= 4 is 5.91 Å². The van der Waals surface area contributed by atoms with E-state index in [4.69, 9.17) is 4.52 Å². The fraction of sp³-hybridized carbons (Fsp3) is 0.727. The lowest BCUT2D eigenvalue weighted by Crippen LogP contribution is -2.25. The summed E-state index contributed by atoms with van der Waals surface area (Å²) in [5, 5.41) is 6.77. The van der Waals surface area contributed by atoms with E-state index in [1.165, 1.54) is 0 Å². The Hall–Kier alpha value is -1.39. The summed E-state index contributed by atoms with van der Waals surface area (Å²) in [6.45, 7) is 4.02. The van der Waals surface area contributed by atoms with Crippen LogP contribution in [-0.4, -0.2) is 22.1 Å². The van der Waals surface area contributed by atoms with Crippen LogP contribution in [-0.2, 0) is 11.2 Å². The molecule has 1 amide bonds. The molecule has 0 radical (unpaired) electrons. The van der Waals surface area contributed by atoms with Gasteiger partial charge in [-0.1, -0.05) is 19.0 Å². The maximum absolute atomic E-state index is 11.4. The molecule has 16 heavy (non-hydrogen) atoms. The summed E-state index contributed by atoms with van der Waals surface area (Å²) in [5.74, 6) is 1.59. The van der Waals surface area contributed by atoms with Crippen LogP contribution in [0, 0.1) is 0 Å². The van der Waals surface area contributed by atoms with Crippen LogP contribution in [0.4, 0.5) is 0 Å². The number of hydrogen-bond donors (Lipinski definition) is 1. The minimum absolute atomic E-state index is 0.0757. The van der Waals surface area contributed by atoms with Crippen molar-refractivity contribution in [1.82, 2.24) is 15.5 Å². The lowest BCUT2D eigenvalue weighted by atomic mass is 10.2. The molecule has 1 aliphatic rings. The molecule has 1 aliphatic carbocycles. The molecule has 1 aromatic rings. The largest absolute Gasteiger partial charge is 0.353 e. The highest BCUT2D eigenvalue weighted by molar-refractivity contribution is 5.76. The zero-order valence-electron chi connectivity index (χ0n) is 9.69. The molecule has 1 N–H and O–H groups in total. The van der Waals surface area contributed by atoms with Gasteiger partial charge in [0.05, 0.1) is 0 Å². The minimum Gasteiger partial charge on any atom is -0.353 e. The van der Waals surface area contributed by atoms with Gasteiger partial charge in [-0.25, -0.2) is 0 Å². The molecule has 1 heterocycles. The van der Waals surface area contributed by atoms with E-state index >= 15 is 0 Å². The molecule has 0 spiro atoms. The monoisotopic (exact) mass is 223 g/mol. The molecule has 0 atom stereocenters. The van der Waals surface area contributed by atoms with Gasteiger partial charge in [-0.05, 0) is 12.8 Å². The highest BCUT2D eigenvalue weighted by atomic mass is 16.5. The zero-order valence-corrected chi connectivity index (χ0v) is 9.69. The van der Waals surface area contributed by atoms with Gasteiger partial charge in [0.25, 0.3) is 0 Å². The lowest BCUT2D eigenvalue weighted by Gasteiger charge is -1.99. The van der Waals surface area contributed by atoms with Crippen molar-refractivity contribution in [3.05, 3.63) is 11.7 Å². The quantitative estimate of drug-likeness (QED) is 0.819. The summed E-state index contributed by atoms with van der Waals surface area (Å²) >= 11 is 0. The van der Waals surface area contributed by atoms with Crippen molar-refractivity contribution in [1.29, 1.82) is 0 Å². The Morgan fingerprint density at radius 3 is 2.88 bits per heavy atom. The van der Waals surface area contributed by atoms with E-state index in [2.05, 4.69) is 15.5 Å². The second-order valence-electron chi connectivity index (χ2n) is 4.54. The number of amides is 1. The van der Waals surface area contributed by atoms with Gasteiger partial charge in [0.2, 0.25) is 11.8 Å². The Bertz CT molecular complexity index is 369. The molecule has 1 fully saturated rings. The minimum atomic E-state index is 0.0757. The first-order valence-electron chi connectivity index (χ1n) is 5.77. The van der Waals surface area contributed by atoms with Gasteiger partial charge in [0.15, 0.2) is 5.82 Å².